The van der Waals surface area contributed by atoms with E-state index in [1.54, 1.807) is 35.3 Å². The van der Waals surface area contributed by atoms with Gasteiger partial charge in [-0.2, -0.15) is 35.3 Å². The highest BCUT2D eigenvalue weighted by Gasteiger charge is 2.23. The van der Waals surface area contributed by atoms with E-state index in [-0.39, 0.29) is 5.91 Å². The number of benzene rings is 2. The molecule has 1 aliphatic heterocycles. The Morgan fingerprint density at radius 2 is 1.36 bits per heavy atom. The van der Waals surface area contributed by atoms with Crippen LogP contribution in [0.3, 0.4) is 0 Å². The molecule has 5 nitrogen and oxygen atoms in total. The summed E-state index contributed by atoms with van der Waals surface area (Å²) in [7, 11) is 0. The first-order valence-corrected chi connectivity index (χ1v) is 23.7. The van der Waals surface area contributed by atoms with Crippen LogP contribution < -0.4 is 5.32 Å². The number of aliphatic carboxylic acids is 1. The Labute approximate surface area is 322 Å². The number of carbonyl (C=O) groups excluding carboxylic acids is 1. The van der Waals surface area contributed by atoms with Crippen LogP contribution in [0.1, 0.15) is 128 Å². The zero-order valence-electron chi connectivity index (χ0n) is 34.3. The molecular weight excluding hydrogens is 677 g/mol. The van der Waals surface area contributed by atoms with Crippen LogP contribution in [0.15, 0.2) is 42.5 Å². The van der Waals surface area contributed by atoms with Crippen molar-refractivity contribution >= 4 is 47.2 Å². The van der Waals surface area contributed by atoms with Gasteiger partial charge >= 0.3 is 5.97 Å². The molecular formula is C42H76N2O3S3. The molecule has 1 aliphatic carbocycles. The number of hydrogen-bond acceptors (Lipinski definition) is 6. The molecule has 2 fully saturated rings. The van der Waals surface area contributed by atoms with Crippen molar-refractivity contribution in [2.24, 2.45) is 5.92 Å². The lowest BCUT2D eigenvalue weighted by Crippen LogP contribution is -2.41. The summed E-state index contributed by atoms with van der Waals surface area (Å²) in [5, 5.41) is 12.2. The van der Waals surface area contributed by atoms with E-state index in [9.17, 15) is 14.7 Å². The summed E-state index contributed by atoms with van der Waals surface area (Å²) in [6.45, 7) is 19.4. The van der Waals surface area contributed by atoms with Crippen molar-refractivity contribution in [2.75, 3.05) is 50.1 Å². The Morgan fingerprint density at radius 1 is 0.820 bits per heavy atom. The second kappa shape index (κ2) is 37.2. The third kappa shape index (κ3) is 23.8. The van der Waals surface area contributed by atoms with Crippen molar-refractivity contribution in [3.05, 3.63) is 59.2 Å². The average Bonchev–Trinajstić information content (AvgIpc) is 3.67. The van der Waals surface area contributed by atoms with Gasteiger partial charge in [-0.05, 0) is 117 Å². The first-order valence-electron chi connectivity index (χ1n) is 19.0. The van der Waals surface area contributed by atoms with Gasteiger partial charge in [0.05, 0.1) is 0 Å². The number of rotatable bonds is 10. The van der Waals surface area contributed by atoms with E-state index in [0.717, 1.165) is 42.2 Å². The van der Waals surface area contributed by atoms with E-state index < -0.39 is 12.0 Å². The van der Waals surface area contributed by atoms with Crippen molar-refractivity contribution in [2.45, 2.75) is 126 Å². The number of thioether (sulfide) groups is 3. The minimum atomic E-state index is -1.000. The van der Waals surface area contributed by atoms with Gasteiger partial charge in [0.25, 0.3) is 5.91 Å². The number of aryl methyl sites for hydroxylation is 1. The van der Waals surface area contributed by atoms with Gasteiger partial charge in [-0.25, -0.2) is 4.79 Å². The van der Waals surface area contributed by atoms with E-state index in [2.05, 4.69) is 23.2 Å². The molecule has 1 saturated heterocycles. The molecule has 0 spiro atoms. The van der Waals surface area contributed by atoms with Gasteiger partial charge in [0.15, 0.2) is 0 Å². The van der Waals surface area contributed by atoms with Crippen molar-refractivity contribution in [3.8, 4) is 11.1 Å². The lowest BCUT2D eigenvalue weighted by atomic mass is 9.88. The zero-order chi connectivity index (χ0) is 38.7. The first kappa shape index (κ1) is 52.7. The molecule has 1 unspecified atom stereocenters. The largest absolute Gasteiger partial charge is 0.480 e. The average molecular weight is 753 g/mol. The maximum Gasteiger partial charge on any atom is 0.326 e. The summed E-state index contributed by atoms with van der Waals surface area (Å²) in [6.07, 6.45) is 21.9. The number of nitrogens with one attached hydrogen (secondary N) is 1. The van der Waals surface area contributed by atoms with Crippen LogP contribution in [0.25, 0.3) is 11.1 Å². The van der Waals surface area contributed by atoms with E-state index in [1.165, 1.54) is 56.9 Å². The molecule has 290 valence electrons. The first-order chi connectivity index (χ1) is 24.3. The normalized spacial score (nSPS) is 13.9. The molecule has 4 rings (SSSR count). The molecule has 1 atom stereocenters. The second-order valence-corrected chi connectivity index (χ2v) is 14.2. The third-order valence-corrected chi connectivity index (χ3v) is 8.53. The van der Waals surface area contributed by atoms with Crippen LogP contribution in [-0.2, 0) is 11.3 Å². The van der Waals surface area contributed by atoms with Crippen LogP contribution in [-0.4, -0.2) is 78.0 Å². The van der Waals surface area contributed by atoms with Crippen LogP contribution in [0.2, 0.25) is 0 Å². The van der Waals surface area contributed by atoms with Crippen molar-refractivity contribution in [1.29, 1.82) is 0 Å². The standard InChI is InChI=1S/C24H30N2O3S.C8H16.2C2H6S.3C2H6/c1-17-7-3-4-8-19(17)21-15-18(16-26-12-5-6-13-26)9-10-20(21)23(27)25-22(24(28)29)11-14-30-2;1-2-8-6-4-3-5-7-8;2*1-3-2;3*1-2/h3-4,7-10,15,22H,5-6,11-14,16H2,1-2H3,(H,25,27)(H,28,29);8H,2-7H2,1H3;2*1-2H3;3*1-2H3. The predicted octanol–water partition coefficient (Wildman–Crippen LogP) is 12.2. The molecule has 0 bridgehead atoms. The number of carboxylic acid groups (broad SMARTS) is 1. The van der Waals surface area contributed by atoms with Gasteiger partial charge in [-0.3, -0.25) is 9.69 Å². The lowest BCUT2D eigenvalue weighted by Gasteiger charge is -2.19. The molecule has 0 radical (unpaired) electrons. The van der Waals surface area contributed by atoms with Gasteiger partial charge in [0, 0.05) is 12.1 Å². The van der Waals surface area contributed by atoms with Crippen LogP contribution >= 0.6 is 35.3 Å². The van der Waals surface area contributed by atoms with Crippen LogP contribution in [0.4, 0.5) is 0 Å². The maximum atomic E-state index is 13.1. The molecule has 1 amide bonds. The Hall–Kier alpha value is -1.61. The number of carbonyl (C=O) groups is 2. The Balaban J connectivity index is -0.000000911. The molecule has 2 aliphatic rings. The summed E-state index contributed by atoms with van der Waals surface area (Å²) in [5.74, 6) is 0.426. The van der Waals surface area contributed by atoms with Gasteiger partial charge in [-0.15, -0.1) is 0 Å². The number of amides is 1. The molecule has 2 aromatic carbocycles. The summed E-state index contributed by atoms with van der Waals surface area (Å²) < 4.78 is 0. The quantitative estimate of drug-likeness (QED) is 0.250. The summed E-state index contributed by atoms with van der Waals surface area (Å²) >= 11 is 5.07. The van der Waals surface area contributed by atoms with E-state index in [4.69, 9.17) is 0 Å². The van der Waals surface area contributed by atoms with Gasteiger partial charge < -0.3 is 10.4 Å². The number of hydrogen-bond donors (Lipinski definition) is 2. The van der Waals surface area contributed by atoms with Crippen molar-refractivity contribution in [3.63, 3.8) is 0 Å². The Morgan fingerprint density at radius 3 is 1.82 bits per heavy atom. The van der Waals surface area contributed by atoms with Crippen LogP contribution in [0.5, 0.6) is 0 Å². The molecule has 50 heavy (non-hydrogen) atoms. The SMILES string of the molecule is CC.CC.CC.CCC1CCCCC1.CSC.CSC.CSCCC(NC(=O)c1ccc(CN2CCCC2)cc1-c1ccccc1C)C(=O)O. The number of carboxylic acids is 1. The minimum absolute atomic E-state index is 0.338. The highest BCUT2D eigenvalue weighted by molar-refractivity contribution is 7.98. The molecule has 1 saturated carbocycles. The predicted molar refractivity (Wildman–Crippen MR) is 233 cm³/mol. The van der Waals surface area contributed by atoms with Crippen molar-refractivity contribution in [1.82, 2.24) is 10.2 Å². The molecule has 0 aromatic heterocycles. The van der Waals surface area contributed by atoms with Gasteiger partial charge in [-0.1, -0.05) is 117 Å². The number of likely N-dealkylation sites (tertiary alicyclic amines) is 1. The van der Waals surface area contributed by atoms with Gasteiger partial charge in [0.1, 0.15) is 6.04 Å². The summed E-state index contributed by atoms with van der Waals surface area (Å²) in [4.78, 5) is 27.1. The molecule has 2 aromatic rings. The monoisotopic (exact) mass is 753 g/mol. The van der Waals surface area contributed by atoms with Crippen molar-refractivity contribution < 1.29 is 14.7 Å². The fourth-order valence-corrected chi connectivity index (χ4v) is 5.98. The summed E-state index contributed by atoms with van der Waals surface area (Å²) in [6, 6.07) is 13.0. The fraction of sp³-hybridized carbons (Fsp3) is 0.667. The maximum absolute atomic E-state index is 13.1. The highest BCUT2D eigenvalue weighted by atomic mass is 32.2. The van der Waals surface area contributed by atoms with Crippen LogP contribution in [0, 0.1) is 12.8 Å². The van der Waals surface area contributed by atoms with E-state index in [1.807, 2.05) is 116 Å². The highest BCUT2D eigenvalue weighted by Crippen LogP contribution is 2.29. The topological polar surface area (TPSA) is 69.6 Å². The fourth-order valence-electron chi connectivity index (χ4n) is 5.51. The van der Waals surface area contributed by atoms with Gasteiger partial charge in [0.2, 0.25) is 0 Å². The Bertz CT molecular complexity index is 1070. The second-order valence-electron chi connectivity index (χ2n) is 11.6. The lowest BCUT2D eigenvalue weighted by molar-refractivity contribution is -0.139. The molecule has 8 heteroatoms. The summed E-state index contributed by atoms with van der Waals surface area (Å²) in [5.41, 5.74) is 4.63. The zero-order valence-corrected chi connectivity index (χ0v) is 36.8. The van der Waals surface area contributed by atoms with E-state index >= 15 is 0 Å². The third-order valence-electron chi connectivity index (χ3n) is 7.88. The molecule has 1 heterocycles. The number of nitrogens with zero attached hydrogens (tertiary/aromatic N) is 1. The minimum Gasteiger partial charge on any atom is -0.480 e. The van der Waals surface area contributed by atoms with E-state index in [0.29, 0.717) is 17.7 Å². The Kier molecular flexibility index (Phi) is 39.2. The smallest absolute Gasteiger partial charge is 0.326 e. The molecule has 2 N–H and O–H groups in total.